The summed E-state index contributed by atoms with van der Waals surface area (Å²) < 4.78 is 5.48. The van der Waals surface area contributed by atoms with Gasteiger partial charge in [-0.1, -0.05) is 6.92 Å². The maximum atomic E-state index is 9.87. The summed E-state index contributed by atoms with van der Waals surface area (Å²) >= 11 is 0. The van der Waals surface area contributed by atoms with Crippen molar-refractivity contribution in [3.63, 3.8) is 0 Å². The molecule has 1 aliphatic rings. The van der Waals surface area contributed by atoms with Gasteiger partial charge in [0.25, 0.3) is 0 Å². The van der Waals surface area contributed by atoms with Crippen LogP contribution >= 0.6 is 0 Å². The summed E-state index contributed by atoms with van der Waals surface area (Å²) in [4.78, 5) is 2.33. The van der Waals surface area contributed by atoms with E-state index in [0.29, 0.717) is 12.5 Å². The Bertz CT molecular complexity index is 421. The molecule has 0 saturated carbocycles. The summed E-state index contributed by atoms with van der Waals surface area (Å²) in [5.74, 6) is 1.37. The summed E-state index contributed by atoms with van der Waals surface area (Å²) in [6, 6.07) is 8.38. The highest BCUT2D eigenvalue weighted by Gasteiger charge is 2.26. The normalized spacial score (nSPS) is 23.9. The third-order valence-electron chi connectivity index (χ3n) is 4.16. The van der Waals surface area contributed by atoms with E-state index < -0.39 is 0 Å². The standard InChI is InChI=1S/C17H28N2O2/c1-3-16(20)10-13-9-14(18)12-19(11-13)15-5-7-17(8-6-15)21-4-2/h5-8,13-14,16,20H,3-4,9-12,18H2,1-2H3. The maximum Gasteiger partial charge on any atom is 0.119 e. The molecule has 3 atom stereocenters. The van der Waals surface area contributed by atoms with Crippen molar-refractivity contribution in [2.24, 2.45) is 11.7 Å². The highest BCUT2D eigenvalue weighted by molar-refractivity contribution is 5.49. The fourth-order valence-electron chi connectivity index (χ4n) is 3.10. The highest BCUT2D eigenvalue weighted by Crippen LogP contribution is 2.27. The lowest BCUT2D eigenvalue weighted by molar-refractivity contribution is 0.131. The molecule has 4 heteroatoms. The molecule has 1 aromatic carbocycles. The predicted octanol–water partition coefficient (Wildman–Crippen LogP) is 2.40. The first-order chi connectivity index (χ1) is 10.1. The molecule has 1 aliphatic heterocycles. The van der Waals surface area contributed by atoms with Gasteiger partial charge in [0.15, 0.2) is 0 Å². The third kappa shape index (κ3) is 4.61. The van der Waals surface area contributed by atoms with E-state index >= 15 is 0 Å². The number of anilines is 1. The van der Waals surface area contributed by atoms with E-state index in [1.807, 2.05) is 26.0 Å². The molecule has 0 spiro atoms. The van der Waals surface area contributed by atoms with Crippen LogP contribution in [0.2, 0.25) is 0 Å². The molecule has 1 fully saturated rings. The van der Waals surface area contributed by atoms with Crippen molar-refractivity contribution in [2.45, 2.75) is 45.3 Å². The van der Waals surface area contributed by atoms with Gasteiger partial charge in [0, 0.05) is 24.8 Å². The van der Waals surface area contributed by atoms with Gasteiger partial charge in [-0.2, -0.15) is 0 Å². The van der Waals surface area contributed by atoms with Crippen molar-refractivity contribution in [1.82, 2.24) is 0 Å². The van der Waals surface area contributed by atoms with E-state index in [-0.39, 0.29) is 12.1 Å². The highest BCUT2D eigenvalue weighted by atomic mass is 16.5. The number of hydrogen-bond donors (Lipinski definition) is 2. The Kier molecular flexibility index (Phi) is 5.88. The zero-order chi connectivity index (χ0) is 15.2. The van der Waals surface area contributed by atoms with Gasteiger partial charge in [-0.3, -0.25) is 0 Å². The smallest absolute Gasteiger partial charge is 0.119 e. The lowest BCUT2D eigenvalue weighted by Crippen LogP contribution is -2.47. The first kappa shape index (κ1) is 16.1. The maximum absolute atomic E-state index is 9.87. The number of benzene rings is 1. The average molecular weight is 292 g/mol. The molecule has 1 aromatic rings. The van der Waals surface area contributed by atoms with Crippen molar-refractivity contribution in [3.8, 4) is 5.75 Å². The Morgan fingerprint density at radius 3 is 2.62 bits per heavy atom. The van der Waals surface area contributed by atoms with Gasteiger partial charge in [-0.25, -0.2) is 0 Å². The molecule has 0 aromatic heterocycles. The van der Waals surface area contributed by atoms with Crippen molar-refractivity contribution < 1.29 is 9.84 Å². The molecule has 1 saturated heterocycles. The minimum atomic E-state index is -0.206. The van der Waals surface area contributed by atoms with Crippen LogP contribution in [0.3, 0.4) is 0 Å². The average Bonchev–Trinajstić information content (AvgIpc) is 2.47. The van der Waals surface area contributed by atoms with Crippen LogP contribution in [0.4, 0.5) is 5.69 Å². The molecular weight excluding hydrogens is 264 g/mol. The van der Waals surface area contributed by atoms with Crippen LogP contribution < -0.4 is 15.4 Å². The lowest BCUT2D eigenvalue weighted by Gasteiger charge is -2.38. The second-order valence-electron chi connectivity index (χ2n) is 5.99. The summed E-state index contributed by atoms with van der Waals surface area (Å²) in [7, 11) is 0. The van der Waals surface area contributed by atoms with E-state index in [1.54, 1.807) is 0 Å². The largest absolute Gasteiger partial charge is 0.494 e. The van der Waals surface area contributed by atoms with Gasteiger partial charge in [0.1, 0.15) is 5.75 Å². The Labute approximate surface area is 127 Å². The quantitative estimate of drug-likeness (QED) is 0.845. The van der Waals surface area contributed by atoms with Gasteiger partial charge < -0.3 is 20.5 Å². The minimum absolute atomic E-state index is 0.180. The molecule has 1 heterocycles. The SMILES string of the molecule is CCOc1ccc(N2CC(N)CC(CC(O)CC)C2)cc1. The monoisotopic (exact) mass is 292 g/mol. The van der Waals surface area contributed by atoms with Crippen molar-refractivity contribution in [3.05, 3.63) is 24.3 Å². The second kappa shape index (κ2) is 7.66. The Balaban J connectivity index is 2.00. The Morgan fingerprint density at radius 2 is 2.00 bits per heavy atom. The summed E-state index contributed by atoms with van der Waals surface area (Å²) in [6.07, 6.45) is 2.46. The number of nitrogens with zero attached hydrogens (tertiary/aromatic N) is 1. The zero-order valence-electron chi connectivity index (χ0n) is 13.2. The van der Waals surface area contributed by atoms with Gasteiger partial charge in [0.2, 0.25) is 0 Å². The first-order valence-electron chi connectivity index (χ1n) is 8.03. The molecule has 0 bridgehead atoms. The van der Waals surface area contributed by atoms with E-state index in [2.05, 4.69) is 17.0 Å². The molecule has 3 N–H and O–H groups in total. The van der Waals surface area contributed by atoms with Crippen LogP contribution in [-0.2, 0) is 0 Å². The Hall–Kier alpha value is -1.26. The number of nitrogens with two attached hydrogens (primary N) is 1. The number of aliphatic hydroxyl groups is 1. The summed E-state index contributed by atoms with van der Waals surface area (Å²) in [5.41, 5.74) is 7.38. The van der Waals surface area contributed by atoms with Crippen LogP contribution in [0.5, 0.6) is 5.75 Å². The van der Waals surface area contributed by atoms with Gasteiger partial charge in [-0.05, 0) is 56.4 Å². The lowest BCUT2D eigenvalue weighted by atomic mass is 9.89. The number of hydrogen-bond acceptors (Lipinski definition) is 4. The van der Waals surface area contributed by atoms with Crippen molar-refractivity contribution in [2.75, 3.05) is 24.6 Å². The van der Waals surface area contributed by atoms with E-state index in [1.165, 1.54) is 5.69 Å². The molecule has 3 unspecified atom stereocenters. The number of ether oxygens (including phenoxy) is 1. The number of rotatable bonds is 6. The van der Waals surface area contributed by atoms with Crippen molar-refractivity contribution >= 4 is 5.69 Å². The topological polar surface area (TPSA) is 58.7 Å². The van der Waals surface area contributed by atoms with Crippen molar-refractivity contribution in [1.29, 1.82) is 0 Å². The summed E-state index contributed by atoms with van der Waals surface area (Å²) in [5, 5.41) is 9.87. The first-order valence-corrected chi connectivity index (χ1v) is 8.03. The van der Waals surface area contributed by atoms with Crippen LogP contribution in [0.15, 0.2) is 24.3 Å². The fraction of sp³-hybridized carbons (Fsp3) is 0.647. The fourth-order valence-corrected chi connectivity index (χ4v) is 3.10. The van der Waals surface area contributed by atoms with E-state index in [9.17, 15) is 5.11 Å². The van der Waals surface area contributed by atoms with Crippen LogP contribution in [-0.4, -0.2) is 36.9 Å². The van der Waals surface area contributed by atoms with Crippen LogP contribution in [0.1, 0.15) is 33.1 Å². The molecule has 21 heavy (non-hydrogen) atoms. The van der Waals surface area contributed by atoms with Gasteiger partial charge in [0.05, 0.1) is 12.7 Å². The third-order valence-corrected chi connectivity index (χ3v) is 4.16. The number of piperidine rings is 1. The molecule has 0 aliphatic carbocycles. The van der Waals surface area contributed by atoms with E-state index in [0.717, 1.165) is 38.1 Å². The molecular formula is C17H28N2O2. The Morgan fingerprint density at radius 1 is 1.29 bits per heavy atom. The molecule has 4 nitrogen and oxygen atoms in total. The molecule has 0 amide bonds. The summed E-state index contributed by atoms with van der Waals surface area (Å²) in [6.45, 7) is 6.55. The minimum Gasteiger partial charge on any atom is -0.494 e. The second-order valence-corrected chi connectivity index (χ2v) is 5.99. The van der Waals surface area contributed by atoms with E-state index in [4.69, 9.17) is 10.5 Å². The van der Waals surface area contributed by atoms with Crippen LogP contribution in [0.25, 0.3) is 0 Å². The molecule has 2 rings (SSSR count). The van der Waals surface area contributed by atoms with Gasteiger partial charge in [-0.15, -0.1) is 0 Å². The van der Waals surface area contributed by atoms with Gasteiger partial charge >= 0.3 is 0 Å². The zero-order valence-corrected chi connectivity index (χ0v) is 13.2. The molecule has 118 valence electrons. The molecule has 0 radical (unpaired) electrons. The van der Waals surface area contributed by atoms with Crippen LogP contribution in [0, 0.1) is 5.92 Å². The predicted molar refractivity (Wildman–Crippen MR) is 86.8 cm³/mol. The number of aliphatic hydroxyl groups excluding tert-OH is 1.